The Kier molecular flexibility index (Phi) is 2.76. The highest BCUT2D eigenvalue weighted by Crippen LogP contribution is 2.14. The number of aryl methyl sites for hydroxylation is 1. The number of rotatable bonds is 2. The maximum absolute atomic E-state index is 4.25. The van der Waals surface area contributed by atoms with Crippen molar-refractivity contribution in [3.63, 3.8) is 0 Å². The smallest absolute Gasteiger partial charge is 0.154 e. The summed E-state index contributed by atoms with van der Waals surface area (Å²) < 4.78 is 3.02. The van der Waals surface area contributed by atoms with Crippen LogP contribution in [0.3, 0.4) is 0 Å². The molecule has 4 nitrogen and oxygen atoms in total. The van der Waals surface area contributed by atoms with E-state index in [4.69, 9.17) is 0 Å². The number of imidazole rings is 1. The minimum absolute atomic E-state index is 0.896. The third-order valence-corrected chi connectivity index (χ3v) is 2.67. The van der Waals surface area contributed by atoms with Gasteiger partial charge in [-0.2, -0.15) is 0 Å². The molecular formula is C9H9IN4. The Morgan fingerprint density at radius 2 is 2.29 bits per heavy atom. The number of hydrogen-bond donors (Lipinski definition) is 0. The molecule has 5 heteroatoms. The summed E-state index contributed by atoms with van der Waals surface area (Å²) in [4.78, 5) is 12.4. The number of hydrogen-bond acceptors (Lipinski definition) is 3. The lowest BCUT2D eigenvalue weighted by Crippen LogP contribution is -2.03. The maximum Gasteiger partial charge on any atom is 0.154 e. The van der Waals surface area contributed by atoms with Crippen LogP contribution in [0.15, 0.2) is 24.9 Å². The second-order valence-corrected chi connectivity index (χ2v) is 3.92. The fourth-order valence-corrected chi connectivity index (χ4v) is 1.83. The molecule has 0 aromatic carbocycles. The topological polar surface area (TPSA) is 43.6 Å². The quantitative estimate of drug-likeness (QED) is 0.795. The average Bonchev–Trinajstić information content (AvgIpc) is 2.66. The molecule has 0 aliphatic rings. The molecule has 0 aliphatic carbocycles. The van der Waals surface area contributed by atoms with Crippen LogP contribution in [0.5, 0.6) is 0 Å². The highest BCUT2D eigenvalue weighted by molar-refractivity contribution is 14.1. The summed E-state index contributed by atoms with van der Waals surface area (Å²) in [5.74, 6) is 1.91. The fraction of sp³-hybridized carbons (Fsp3) is 0.222. The Balaban J connectivity index is 2.54. The zero-order valence-corrected chi connectivity index (χ0v) is 9.84. The van der Waals surface area contributed by atoms with Crippen molar-refractivity contribution in [1.29, 1.82) is 0 Å². The first-order valence-corrected chi connectivity index (χ1v) is 5.39. The van der Waals surface area contributed by atoms with E-state index in [9.17, 15) is 0 Å². The van der Waals surface area contributed by atoms with Crippen LogP contribution in [-0.2, 0) is 6.42 Å². The molecule has 0 spiro atoms. The van der Waals surface area contributed by atoms with Crippen molar-refractivity contribution in [3.05, 3.63) is 34.3 Å². The lowest BCUT2D eigenvalue weighted by molar-refractivity contribution is 0.856. The third kappa shape index (κ3) is 1.63. The van der Waals surface area contributed by atoms with Crippen LogP contribution in [0.4, 0.5) is 0 Å². The molecule has 0 fully saturated rings. The van der Waals surface area contributed by atoms with E-state index in [2.05, 4.69) is 44.5 Å². The monoisotopic (exact) mass is 300 g/mol. The van der Waals surface area contributed by atoms with Crippen LogP contribution in [0, 0.1) is 3.57 Å². The first-order chi connectivity index (χ1) is 6.83. The van der Waals surface area contributed by atoms with Gasteiger partial charge >= 0.3 is 0 Å². The van der Waals surface area contributed by atoms with Crippen molar-refractivity contribution >= 4 is 22.6 Å². The van der Waals surface area contributed by atoms with E-state index in [1.165, 1.54) is 0 Å². The molecule has 72 valence electrons. The van der Waals surface area contributed by atoms with Crippen LogP contribution in [0.2, 0.25) is 0 Å². The Morgan fingerprint density at radius 1 is 1.43 bits per heavy atom. The minimum atomic E-state index is 0.896. The summed E-state index contributed by atoms with van der Waals surface area (Å²) in [6.45, 7) is 2.08. The summed E-state index contributed by atoms with van der Waals surface area (Å²) in [6.07, 6.45) is 7.95. The molecule has 0 saturated carbocycles. The van der Waals surface area contributed by atoms with Gasteiger partial charge in [-0.1, -0.05) is 6.92 Å². The minimum Gasteiger partial charge on any atom is -0.287 e. The Morgan fingerprint density at radius 3 is 3.00 bits per heavy atom. The van der Waals surface area contributed by atoms with E-state index < -0.39 is 0 Å². The van der Waals surface area contributed by atoms with Crippen molar-refractivity contribution in [1.82, 2.24) is 19.5 Å². The SMILES string of the molecule is CCc1nccn1-c1ncncc1I. The predicted molar refractivity (Wildman–Crippen MR) is 61.2 cm³/mol. The first kappa shape index (κ1) is 9.57. The first-order valence-electron chi connectivity index (χ1n) is 4.31. The second kappa shape index (κ2) is 4.04. The van der Waals surface area contributed by atoms with E-state index in [-0.39, 0.29) is 0 Å². The van der Waals surface area contributed by atoms with Crippen LogP contribution in [-0.4, -0.2) is 19.5 Å². The van der Waals surface area contributed by atoms with Crippen LogP contribution >= 0.6 is 22.6 Å². The summed E-state index contributed by atoms with van der Waals surface area (Å²) in [5, 5.41) is 0. The van der Waals surface area contributed by atoms with Gasteiger partial charge in [0.1, 0.15) is 12.2 Å². The highest BCUT2D eigenvalue weighted by atomic mass is 127. The standard InChI is InChI=1S/C9H9IN4/c1-2-8-12-3-4-14(8)9-7(10)5-11-6-13-9/h3-6H,2H2,1H3. The average molecular weight is 300 g/mol. The largest absolute Gasteiger partial charge is 0.287 e. The molecule has 0 saturated heterocycles. The lowest BCUT2D eigenvalue weighted by Gasteiger charge is -2.05. The normalized spacial score (nSPS) is 10.4. The fourth-order valence-electron chi connectivity index (χ4n) is 1.27. The molecule has 0 aliphatic heterocycles. The number of nitrogens with zero attached hydrogens (tertiary/aromatic N) is 4. The van der Waals surface area contributed by atoms with Gasteiger partial charge in [0, 0.05) is 25.0 Å². The van der Waals surface area contributed by atoms with Gasteiger partial charge in [0.15, 0.2) is 5.82 Å². The zero-order chi connectivity index (χ0) is 9.97. The van der Waals surface area contributed by atoms with Gasteiger partial charge in [0.25, 0.3) is 0 Å². The highest BCUT2D eigenvalue weighted by Gasteiger charge is 2.06. The summed E-state index contributed by atoms with van der Waals surface area (Å²) in [7, 11) is 0. The van der Waals surface area contributed by atoms with Gasteiger partial charge in [-0.25, -0.2) is 15.0 Å². The molecule has 0 radical (unpaired) electrons. The Labute approximate surface area is 95.6 Å². The molecule has 0 unspecified atom stereocenters. The summed E-state index contributed by atoms with van der Waals surface area (Å²) in [5.41, 5.74) is 0. The third-order valence-electron chi connectivity index (χ3n) is 1.91. The van der Waals surface area contributed by atoms with Crippen LogP contribution < -0.4 is 0 Å². The van der Waals surface area contributed by atoms with Gasteiger partial charge < -0.3 is 0 Å². The molecule has 2 aromatic heterocycles. The molecular weight excluding hydrogens is 291 g/mol. The van der Waals surface area contributed by atoms with Gasteiger partial charge in [0.2, 0.25) is 0 Å². The van der Waals surface area contributed by atoms with Crippen molar-refractivity contribution in [3.8, 4) is 5.82 Å². The molecule has 0 atom stereocenters. The van der Waals surface area contributed by atoms with E-state index in [1.807, 2.05) is 10.8 Å². The second-order valence-electron chi connectivity index (χ2n) is 2.76. The summed E-state index contributed by atoms with van der Waals surface area (Å²) in [6, 6.07) is 0. The molecule has 0 bridgehead atoms. The zero-order valence-electron chi connectivity index (χ0n) is 7.68. The predicted octanol–water partition coefficient (Wildman–Crippen LogP) is 1.83. The van der Waals surface area contributed by atoms with Gasteiger partial charge in [-0.3, -0.25) is 4.57 Å². The van der Waals surface area contributed by atoms with E-state index >= 15 is 0 Å². The molecule has 0 amide bonds. The van der Waals surface area contributed by atoms with Gasteiger partial charge in [0.05, 0.1) is 3.57 Å². The lowest BCUT2D eigenvalue weighted by atomic mass is 10.4. The van der Waals surface area contributed by atoms with Crippen molar-refractivity contribution in [2.24, 2.45) is 0 Å². The van der Waals surface area contributed by atoms with E-state index in [0.29, 0.717) is 0 Å². The Hall–Kier alpha value is -0.980. The molecule has 2 heterocycles. The molecule has 2 aromatic rings. The number of aromatic nitrogens is 4. The van der Waals surface area contributed by atoms with E-state index in [0.717, 1.165) is 21.6 Å². The van der Waals surface area contributed by atoms with Crippen molar-refractivity contribution in [2.75, 3.05) is 0 Å². The van der Waals surface area contributed by atoms with Gasteiger partial charge in [-0.15, -0.1) is 0 Å². The number of halogens is 1. The Bertz CT molecular complexity index is 438. The maximum atomic E-state index is 4.25. The van der Waals surface area contributed by atoms with Crippen molar-refractivity contribution in [2.45, 2.75) is 13.3 Å². The van der Waals surface area contributed by atoms with E-state index in [1.54, 1.807) is 18.7 Å². The summed E-state index contributed by atoms with van der Waals surface area (Å²) >= 11 is 2.22. The van der Waals surface area contributed by atoms with Crippen molar-refractivity contribution < 1.29 is 0 Å². The molecule has 14 heavy (non-hydrogen) atoms. The van der Waals surface area contributed by atoms with Crippen LogP contribution in [0.1, 0.15) is 12.7 Å². The molecule has 2 rings (SSSR count). The molecule has 0 N–H and O–H groups in total. The van der Waals surface area contributed by atoms with Crippen LogP contribution in [0.25, 0.3) is 5.82 Å². The van der Waals surface area contributed by atoms with Gasteiger partial charge in [-0.05, 0) is 22.6 Å².